The molecule has 0 bridgehead atoms. The van der Waals surface area contributed by atoms with Crippen LogP contribution in [0.4, 0.5) is 0 Å². The van der Waals surface area contributed by atoms with Gasteiger partial charge in [-0.3, -0.25) is 0 Å². The first kappa shape index (κ1) is 9.96. The Morgan fingerprint density at radius 3 is 2.45 bits per heavy atom. The van der Waals surface area contributed by atoms with Crippen molar-refractivity contribution in [3.63, 3.8) is 0 Å². The standard InChI is InChI=1S/C11H16/c1-3-5-7-9-11-10-8-6-4-2/h3,5-9,11H,1,4,10H2,2H3. The van der Waals surface area contributed by atoms with Crippen molar-refractivity contribution in [2.75, 3.05) is 0 Å². The van der Waals surface area contributed by atoms with Crippen LogP contribution in [-0.4, -0.2) is 0 Å². The molecule has 0 rings (SSSR count). The Hall–Kier alpha value is -1.04. The van der Waals surface area contributed by atoms with Gasteiger partial charge >= 0.3 is 0 Å². The molecule has 0 saturated carbocycles. The average molecular weight is 148 g/mol. The number of hydrogen-bond donors (Lipinski definition) is 0. The Labute approximate surface area is 69.6 Å². The van der Waals surface area contributed by atoms with E-state index in [1.807, 2.05) is 18.2 Å². The summed E-state index contributed by atoms with van der Waals surface area (Å²) in [7, 11) is 0. The second-order valence-corrected chi connectivity index (χ2v) is 2.16. The highest BCUT2D eigenvalue weighted by atomic mass is 13.7. The molecule has 0 radical (unpaired) electrons. The maximum Gasteiger partial charge on any atom is -0.0166 e. The van der Waals surface area contributed by atoms with E-state index in [0.29, 0.717) is 0 Å². The zero-order valence-electron chi connectivity index (χ0n) is 7.16. The number of allylic oxidation sites excluding steroid dienone is 7. The summed E-state index contributed by atoms with van der Waals surface area (Å²) in [5.74, 6) is 0. The summed E-state index contributed by atoms with van der Waals surface area (Å²) in [6.07, 6.45) is 16.3. The highest BCUT2D eigenvalue weighted by Crippen LogP contribution is 1.88. The SMILES string of the molecule is C=CC=CC=CCC=CCC. The Morgan fingerprint density at radius 1 is 1.00 bits per heavy atom. The highest BCUT2D eigenvalue weighted by molar-refractivity contribution is 5.09. The van der Waals surface area contributed by atoms with Crippen LogP contribution in [0.25, 0.3) is 0 Å². The molecule has 0 fully saturated rings. The Morgan fingerprint density at radius 2 is 1.82 bits per heavy atom. The van der Waals surface area contributed by atoms with Gasteiger partial charge in [-0.05, 0) is 12.8 Å². The van der Waals surface area contributed by atoms with Crippen molar-refractivity contribution in [1.29, 1.82) is 0 Å². The van der Waals surface area contributed by atoms with Crippen LogP contribution in [0, 0.1) is 0 Å². The second-order valence-electron chi connectivity index (χ2n) is 2.16. The molecule has 0 aromatic rings. The Balaban J connectivity index is 3.36. The van der Waals surface area contributed by atoms with Gasteiger partial charge in [0, 0.05) is 0 Å². The van der Waals surface area contributed by atoms with Gasteiger partial charge in [0.05, 0.1) is 0 Å². The van der Waals surface area contributed by atoms with Crippen LogP contribution >= 0.6 is 0 Å². The fraction of sp³-hybridized carbons (Fsp3) is 0.273. The van der Waals surface area contributed by atoms with Gasteiger partial charge in [-0.1, -0.05) is 56.0 Å². The summed E-state index contributed by atoms with van der Waals surface area (Å²) in [6.45, 7) is 5.71. The summed E-state index contributed by atoms with van der Waals surface area (Å²) < 4.78 is 0. The van der Waals surface area contributed by atoms with Crippen LogP contribution in [0.5, 0.6) is 0 Å². The van der Waals surface area contributed by atoms with Crippen molar-refractivity contribution in [2.45, 2.75) is 19.8 Å². The molecule has 11 heavy (non-hydrogen) atoms. The molecule has 0 aliphatic carbocycles. The van der Waals surface area contributed by atoms with Crippen molar-refractivity contribution in [3.8, 4) is 0 Å². The van der Waals surface area contributed by atoms with Crippen LogP contribution in [0.2, 0.25) is 0 Å². The minimum atomic E-state index is 1.02. The third-order valence-electron chi connectivity index (χ3n) is 1.17. The van der Waals surface area contributed by atoms with E-state index in [-0.39, 0.29) is 0 Å². The normalized spacial score (nSPS) is 12.1. The maximum absolute atomic E-state index is 3.57. The number of rotatable bonds is 5. The van der Waals surface area contributed by atoms with E-state index in [4.69, 9.17) is 0 Å². The Bertz CT molecular complexity index is 159. The molecular weight excluding hydrogens is 132 g/mol. The fourth-order valence-corrected chi connectivity index (χ4v) is 0.641. The molecule has 0 aliphatic rings. The molecule has 0 saturated heterocycles. The van der Waals surface area contributed by atoms with Crippen LogP contribution in [0.15, 0.2) is 49.1 Å². The molecule has 0 spiro atoms. The van der Waals surface area contributed by atoms with Crippen molar-refractivity contribution in [1.82, 2.24) is 0 Å². The highest BCUT2D eigenvalue weighted by Gasteiger charge is 1.67. The second kappa shape index (κ2) is 8.96. The van der Waals surface area contributed by atoms with Gasteiger partial charge in [0.2, 0.25) is 0 Å². The monoisotopic (exact) mass is 148 g/mol. The van der Waals surface area contributed by atoms with Gasteiger partial charge in [-0.25, -0.2) is 0 Å². The molecule has 0 unspecified atom stereocenters. The largest absolute Gasteiger partial charge is 0.0991 e. The van der Waals surface area contributed by atoms with E-state index in [1.165, 1.54) is 0 Å². The zero-order valence-corrected chi connectivity index (χ0v) is 7.16. The van der Waals surface area contributed by atoms with E-state index < -0.39 is 0 Å². The van der Waals surface area contributed by atoms with Gasteiger partial charge in [0.15, 0.2) is 0 Å². The summed E-state index contributed by atoms with van der Waals surface area (Å²) in [6, 6.07) is 0. The molecule has 0 aromatic heterocycles. The van der Waals surface area contributed by atoms with Crippen LogP contribution in [0.1, 0.15) is 19.8 Å². The van der Waals surface area contributed by atoms with E-state index in [1.54, 1.807) is 6.08 Å². The maximum atomic E-state index is 3.57. The predicted molar refractivity (Wildman–Crippen MR) is 52.5 cm³/mol. The first-order valence-corrected chi connectivity index (χ1v) is 4.01. The van der Waals surface area contributed by atoms with E-state index in [9.17, 15) is 0 Å². The topological polar surface area (TPSA) is 0 Å². The van der Waals surface area contributed by atoms with E-state index >= 15 is 0 Å². The molecule has 0 aromatic carbocycles. The first-order valence-electron chi connectivity index (χ1n) is 4.01. The quantitative estimate of drug-likeness (QED) is 0.412. The minimum Gasteiger partial charge on any atom is -0.0991 e. The molecule has 0 aliphatic heterocycles. The molecule has 60 valence electrons. The van der Waals surface area contributed by atoms with Gasteiger partial charge in [0.1, 0.15) is 0 Å². The fourth-order valence-electron chi connectivity index (χ4n) is 0.641. The van der Waals surface area contributed by atoms with Crippen LogP contribution < -0.4 is 0 Å². The van der Waals surface area contributed by atoms with Crippen LogP contribution in [-0.2, 0) is 0 Å². The lowest BCUT2D eigenvalue weighted by Crippen LogP contribution is -1.57. The molecule has 0 nitrogen and oxygen atoms in total. The summed E-state index contributed by atoms with van der Waals surface area (Å²) >= 11 is 0. The molecule has 0 atom stereocenters. The van der Waals surface area contributed by atoms with E-state index in [2.05, 4.69) is 31.7 Å². The van der Waals surface area contributed by atoms with Crippen molar-refractivity contribution in [3.05, 3.63) is 49.1 Å². The molecule has 0 amide bonds. The van der Waals surface area contributed by atoms with Crippen LogP contribution in [0.3, 0.4) is 0 Å². The lowest BCUT2D eigenvalue weighted by molar-refractivity contribution is 1.20. The molecule has 0 N–H and O–H groups in total. The minimum absolute atomic E-state index is 1.02. The zero-order chi connectivity index (χ0) is 8.36. The molecule has 0 heterocycles. The molecular formula is C11H16. The average Bonchev–Trinajstić information content (AvgIpc) is 2.03. The third-order valence-corrected chi connectivity index (χ3v) is 1.17. The third kappa shape index (κ3) is 8.96. The smallest absolute Gasteiger partial charge is 0.0166 e. The van der Waals surface area contributed by atoms with Crippen molar-refractivity contribution < 1.29 is 0 Å². The summed E-state index contributed by atoms with van der Waals surface area (Å²) in [5.41, 5.74) is 0. The van der Waals surface area contributed by atoms with Gasteiger partial charge in [-0.15, -0.1) is 0 Å². The first-order chi connectivity index (χ1) is 5.41. The Kier molecular flexibility index (Phi) is 8.11. The number of hydrogen-bond acceptors (Lipinski definition) is 0. The van der Waals surface area contributed by atoms with Crippen molar-refractivity contribution in [2.24, 2.45) is 0 Å². The van der Waals surface area contributed by atoms with E-state index in [0.717, 1.165) is 12.8 Å². The predicted octanol–water partition coefficient (Wildman–Crippen LogP) is 3.64. The summed E-state index contributed by atoms with van der Waals surface area (Å²) in [5, 5.41) is 0. The van der Waals surface area contributed by atoms with Gasteiger partial charge in [0.25, 0.3) is 0 Å². The lowest BCUT2D eigenvalue weighted by atomic mass is 10.3. The van der Waals surface area contributed by atoms with Crippen molar-refractivity contribution >= 4 is 0 Å². The summed E-state index contributed by atoms with van der Waals surface area (Å²) in [4.78, 5) is 0. The lowest BCUT2D eigenvalue weighted by Gasteiger charge is -1.79. The molecule has 0 heteroatoms. The van der Waals surface area contributed by atoms with Gasteiger partial charge in [-0.2, -0.15) is 0 Å². The van der Waals surface area contributed by atoms with Gasteiger partial charge < -0.3 is 0 Å².